The summed E-state index contributed by atoms with van der Waals surface area (Å²) in [7, 11) is 7.92. The molecule has 0 amide bonds. The molecule has 0 fully saturated rings. The normalized spacial score (nSPS) is 10.8. The Morgan fingerprint density at radius 1 is 0.682 bits per heavy atom. The number of rotatable bonds is 11. The molecular formula is C30H26N6O6S2. The van der Waals surface area contributed by atoms with Crippen LogP contribution in [0.1, 0.15) is 0 Å². The third-order valence-electron chi connectivity index (χ3n) is 6.50. The number of nitrogens with zero attached hydrogens (tertiary/aromatic N) is 5. The maximum atomic E-state index is 5.54. The van der Waals surface area contributed by atoms with E-state index in [0.717, 1.165) is 28.1 Å². The molecule has 3 aromatic carbocycles. The Hall–Kier alpha value is -5.21. The molecule has 0 radical (unpaired) electrons. The fraction of sp³-hybridized carbons (Fsp3) is 0.167. The molecule has 224 valence electrons. The Kier molecular flexibility index (Phi) is 8.25. The van der Waals surface area contributed by atoms with Crippen molar-refractivity contribution in [2.24, 2.45) is 0 Å². The van der Waals surface area contributed by atoms with Crippen molar-refractivity contribution < 1.29 is 28.2 Å². The number of hydrogen-bond acceptors (Lipinski definition) is 14. The molecule has 0 saturated heterocycles. The third kappa shape index (κ3) is 5.85. The molecule has 14 heteroatoms. The summed E-state index contributed by atoms with van der Waals surface area (Å²) in [5.74, 6) is 4.23. The molecule has 0 aliphatic rings. The van der Waals surface area contributed by atoms with Gasteiger partial charge in [-0.25, -0.2) is 4.98 Å². The van der Waals surface area contributed by atoms with Crippen molar-refractivity contribution >= 4 is 33.7 Å². The minimum Gasteiger partial charge on any atom is -0.497 e. The summed E-state index contributed by atoms with van der Waals surface area (Å²) in [5.41, 5.74) is 3.96. The van der Waals surface area contributed by atoms with Crippen molar-refractivity contribution in [3.8, 4) is 73.7 Å². The molecule has 44 heavy (non-hydrogen) atoms. The number of methoxy groups -OCH3 is 5. The highest BCUT2D eigenvalue weighted by atomic mass is 32.1. The summed E-state index contributed by atoms with van der Waals surface area (Å²) < 4.78 is 37.1. The van der Waals surface area contributed by atoms with Crippen LogP contribution in [0.3, 0.4) is 0 Å². The highest BCUT2D eigenvalue weighted by molar-refractivity contribution is 7.13. The van der Waals surface area contributed by atoms with E-state index in [4.69, 9.17) is 33.2 Å². The lowest BCUT2D eigenvalue weighted by Crippen LogP contribution is -1.96. The standard InChI is InChI=1S/C30H26N6O6S2/c1-37-20-10-17(11-21(14-20)38-2)22-15-43-29(32-22)28-33-26(35-42-28)16-6-8-19(9-7-16)31-30-34-27(36-44-30)18-12-23(39-3)25(41-5)24(13-18)40-4/h6-15H,1-5H3,(H,31,34,36). The molecule has 3 aromatic heterocycles. The van der Waals surface area contributed by atoms with E-state index in [0.29, 0.717) is 56.4 Å². The maximum absolute atomic E-state index is 5.54. The van der Waals surface area contributed by atoms with E-state index in [1.807, 2.05) is 60.0 Å². The van der Waals surface area contributed by atoms with Gasteiger partial charge >= 0.3 is 0 Å². The molecule has 12 nitrogen and oxygen atoms in total. The predicted octanol–water partition coefficient (Wildman–Crippen LogP) is 6.83. The van der Waals surface area contributed by atoms with Gasteiger partial charge in [0.05, 0.1) is 41.2 Å². The van der Waals surface area contributed by atoms with Crippen molar-refractivity contribution in [1.29, 1.82) is 0 Å². The van der Waals surface area contributed by atoms with Gasteiger partial charge in [0.15, 0.2) is 22.3 Å². The lowest BCUT2D eigenvalue weighted by molar-refractivity contribution is 0.324. The van der Waals surface area contributed by atoms with Gasteiger partial charge in [-0.3, -0.25) is 0 Å². The number of benzene rings is 3. The van der Waals surface area contributed by atoms with Crippen LogP contribution >= 0.6 is 22.9 Å². The second-order valence-electron chi connectivity index (χ2n) is 9.10. The summed E-state index contributed by atoms with van der Waals surface area (Å²) >= 11 is 2.65. The van der Waals surface area contributed by atoms with E-state index >= 15 is 0 Å². The lowest BCUT2D eigenvalue weighted by Gasteiger charge is -2.12. The molecule has 0 aliphatic heterocycles. The van der Waals surface area contributed by atoms with Gasteiger partial charge in [-0.15, -0.1) is 11.3 Å². The molecular weight excluding hydrogens is 605 g/mol. The highest BCUT2D eigenvalue weighted by Crippen LogP contribution is 2.41. The van der Waals surface area contributed by atoms with Gasteiger partial charge in [-0.2, -0.15) is 14.3 Å². The van der Waals surface area contributed by atoms with Gasteiger partial charge in [-0.1, -0.05) is 5.16 Å². The number of thiazole rings is 1. The first kappa shape index (κ1) is 28.9. The van der Waals surface area contributed by atoms with E-state index in [1.165, 1.54) is 22.9 Å². The Morgan fingerprint density at radius 2 is 1.39 bits per heavy atom. The van der Waals surface area contributed by atoms with Crippen molar-refractivity contribution in [2.45, 2.75) is 0 Å². The van der Waals surface area contributed by atoms with Crippen molar-refractivity contribution in [2.75, 3.05) is 40.9 Å². The highest BCUT2D eigenvalue weighted by Gasteiger charge is 2.18. The van der Waals surface area contributed by atoms with Crippen LogP contribution in [0.5, 0.6) is 28.7 Å². The number of aromatic nitrogens is 5. The smallest absolute Gasteiger partial charge is 0.287 e. The van der Waals surface area contributed by atoms with Gasteiger partial charge in [-0.05, 0) is 48.5 Å². The Labute approximate surface area is 260 Å². The molecule has 6 rings (SSSR count). The van der Waals surface area contributed by atoms with Gasteiger partial charge in [0.25, 0.3) is 5.89 Å². The van der Waals surface area contributed by atoms with Crippen molar-refractivity contribution in [1.82, 2.24) is 24.5 Å². The monoisotopic (exact) mass is 630 g/mol. The SMILES string of the molecule is COc1cc(OC)cc(-c2csc(-c3nc(-c4ccc(Nc5nc(-c6cc(OC)c(OC)c(OC)c6)ns5)cc4)no3)n2)c1. The van der Waals surface area contributed by atoms with Gasteiger partial charge in [0, 0.05) is 45.4 Å². The molecule has 0 bridgehead atoms. The van der Waals surface area contributed by atoms with Crippen LogP contribution in [0, 0.1) is 0 Å². The number of nitrogens with one attached hydrogen (secondary N) is 1. The first-order chi connectivity index (χ1) is 21.5. The van der Waals surface area contributed by atoms with Crippen LogP contribution in [0.15, 0.2) is 64.5 Å². The van der Waals surface area contributed by atoms with Crippen LogP contribution in [-0.4, -0.2) is 60.0 Å². The van der Waals surface area contributed by atoms with Crippen molar-refractivity contribution in [3.63, 3.8) is 0 Å². The topological polar surface area (TPSA) is 136 Å². The van der Waals surface area contributed by atoms with Crippen LogP contribution in [-0.2, 0) is 0 Å². The summed E-state index contributed by atoms with van der Waals surface area (Å²) in [6, 6.07) is 16.8. The molecule has 1 N–H and O–H groups in total. The number of anilines is 2. The predicted molar refractivity (Wildman–Crippen MR) is 168 cm³/mol. The zero-order valence-electron chi connectivity index (χ0n) is 24.3. The van der Waals surface area contributed by atoms with E-state index in [2.05, 4.69) is 24.8 Å². The van der Waals surface area contributed by atoms with E-state index < -0.39 is 0 Å². The minimum absolute atomic E-state index is 0.335. The summed E-state index contributed by atoms with van der Waals surface area (Å²) in [4.78, 5) is 13.9. The Balaban J connectivity index is 1.15. The zero-order valence-corrected chi connectivity index (χ0v) is 25.9. The molecule has 0 saturated carbocycles. The molecule has 0 spiro atoms. The third-order valence-corrected chi connectivity index (χ3v) is 7.96. The first-order valence-electron chi connectivity index (χ1n) is 13.1. The number of ether oxygens (including phenoxy) is 5. The average Bonchev–Trinajstić information content (AvgIpc) is 3.85. The second kappa shape index (κ2) is 12.6. The van der Waals surface area contributed by atoms with E-state index in [-0.39, 0.29) is 0 Å². The number of hydrogen-bond donors (Lipinski definition) is 1. The zero-order chi connectivity index (χ0) is 30.6. The minimum atomic E-state index is 0.335. The largest absolute Gasteiger partial charge is 0.497 e. The molecule has 0 atom stereocenters. The van der Waals surface area contributed by atoms with E-state index in [9.17, 15) is 0 Å². The second-order valence-corrected chi connectivity index (χ2v) is 10.7. The quantitative estimate of drug-likeness (QED) is 0.161. The van der Waals surface area contributed by atoms with Crippen LogP contribution in [0.25, 0.3) is 44.9 Å². The molecule has 3 heterocycles. The van der Waals surface area contributed by atoms with Crippen LogP contribution in [0.4, 0.5) is 10.8 Å². The molecule has 0 aliphatic carbocycles. The Morgan fingerprint density at radius 3 is 2.02 bits per heavy atom. The summed E-state index contributed by atoms with van der Waals surface area (Å²) in [6.45, 7) is 0. The lowest BCUT2D eigenvalue weighted by atomic mass is 10.1. The maximum Gasteiger partial charge on any atom is 0.287 e. The first-order valence-corrected chi connectivity index (χ1v) is 14.7. The van der Waals surface area contributed by atoms with E-state index in [1.54, 1.807) is 35.5 Å². The van der Waals surface area contributed by atoms with Crippen LogP contribution in [0.2, 0.25) is 0 Å². The molecule has 6 aromatic rings. The van der Waals surface area contributed by atoms with Gasteiger partial charge < -0.3 is 33.5 Å². The molecule has 0 unspecified atom stereocenters. The summed E-state index contributed by atoms with van der Waals surface area (Å²) in [5, 5.41) is 10.6. The Bertz CT molecular complexity index is 1860. The average molecular weight is 631 g/mol. The fourth-order valence-electron chi connectivity index (χ4n) is 4.32. The van der Waals surface area contributed by atoms with Gasteiger partial charge in [0.1, 0.15) is 11.5 Å². The van der Waals surface area contributed by atoms with Crippen LogP contribution < -0.4 is 29.0 Å². The summed E-state index contributed by atoms with van der Waals surface area (Å²) in [6.07, 6.45) is 0. The van der Waals surface area contributed by atoms with Gasteiger partial charge in [0.2, 0.25) is 16.7 Å². The fourth-order valence-corrected chi connectivity index (χ4v) is 5.67. The van der Waals surface area contributed by atoms with Crippen molar-refractivity contribution in [3.05, 3.63) is 60.0 Å².